The summed E-state index contributed by atoms with van der Waals surface area (Å²) < 4.78 is 0. The van der Waals surface area contributed by atoms with Crippen LogP contribution in [0.15, 0.2) is 34.4 Å². The summed E-state index contributed by atoms with van der Waals surface area (Å²) >= 11 is 18.5. The number of rotatable bonds is 3. The van der Waals surface area contributed by atoms with Gasteiger partial charge in [0.15, 0.2) is 5.03 Å². The minimum atomic E-state index is -0.636. The average molecular weight is 337 g/mol. The zero-order chi connectivity index (χ0) is 14.0. The fourth-order valence-corrected chi connectivity index (χ4v) is 2.89. The molecule has 98 valence electrons. The number of halogens is 3. The summed E-state index contributed by atoms with van der Waals surface area (Å²) in [6.07, 6.45) is 1.15. The Kier molecular flexibility index (Phi) is 4.46. The van der Waals surface area contributed by atoms with Gasteiger partial charge >= 0.3 is 5.69 Å². The third-order valence-electron chi connectivity index (χ3n) is 2.03. The second-order valence-corrected chi connectivity index (χ2v) is 5.48. The topological polar surface area (TPSA) is 68.9 Å². The smallest absolute Gasteiger partial charge is 0.258 e. The van der Waals surface area contributed by atoms with Gasteiger partial charge in [-0.3, -0.25) is 10.1 Å². The maximum Gasteiger partial charge on any atom is 0.338 e. The molecule has 0 atom stereocenters. The predicted molar refractivity (Wildman–Crippen MR) is 74.3 cm³/mol. The Morgan fingerprint density at radius 3 is 2.63 bits per heavy atom. The monoisotopic (exact) mass is 335 g/mol. The van der Waals surface area contributed by atoms with Crippen LogP contribution in [0.25, 0.3) is 0 Å². The Morgan fingerprint density at radius 2 is 1.95 bits per heavy atom. The van der Waals surface area contributed by atoms with Crippen LogP contribution >= 0.6 is 46.6 Å². The first kappa shape index (κ1) is 14.3. The summed E-state index contributed by atoms with van der Waals surface area (Å²) in [5.41, 5.74) is -0.356. The molecule has 19 heavy (non-hydrogen) atoms. The minimum absolute atomic E-state index is 0.106. The van der Waals surface area contributed by atoms with Crippen LogP contribution in [-0.2, 0) is 0 Å². The Bertz CT molecular complexity index is 654. The van der Waals surface area contributed by atoms with Crippen LogP contribution < -0.4 is 0 Å². The SMILES string of the molecule is O=[N+]([O-])c1c(Cl)ncnc1Sc1cc(Cl)ccc1Cl. The van der Waals surface area contributed by atoms with Crippen molar-refractivity contribution in [2.45, 2.75) is 9.92 Å². The molecule has 0 saturated heterocycles. The standard InChI is InChI=1S/C10H4Cl3N3O2S/c11-5-1-2-6(12)7(3-5)19-10-8(16(17)18)9(13)14-4-15-10/h1-4H. The van der Waals surface area contributed by atoms with Crippen LogP contribution in [0.5, 0.6) is 0 Å². The van der Waals surface area contributed by atoms with E-state index in [0.717, 1.165) is 18.1 Å². The van der Waals surface area contributed by atoms with E-state index in [1.165, 1.54) is 0 Å². The van der Waals surface area contributed by atoms with E-state index in [4.69, 9.17) is 34.8 Å². The average Bonchev–Trinajstić information content (AvgIpc) is 2.33. The fraction of sp³-hybridized carbons (Fsp3) is 0. The Labute approximate surface area is 127 Å². The molecule has 0 spiro atoms. The highest BCUT2D eigenvalue weighted by Gasteiger charge is 2.23. The van der Waals surface area contributed by atoms with Crippen LogP contribution in [-0.4, -0.2) is 14.9 Å². The molecule has 0 bridgehead atoms. The van der Waals surface area contributed by atoms with Gasteiger partial charge in [0.05, 0.1) is 9.95 Å². The summed E-state index contributed by atoms with van der Waals surface area (Å²) in [6, 6.07) is 4.81. The maximum atomic E-state index is 11.0. The van der Waals surface area contributed by atoms with Crippen LogP contribution in [0.3, 0.4) is 0 Å². The van der Waals surface area contributed by atoms with Gasteiger partial charge in [0, 0.05) is 9.92 Å². The molecule has 0 fully saturated rings. The van der Waals surface area contributed by atoms with Gasteiger partial charge in [0.25, 0.3) is 0 Å². The van der Waals surface area contributed by atoms with E-state index in [2.05, 4.69) is 9.97 Å². The van der Waals surface area contributed by atoms with E-state index < -0.39 is 4.92 Å². The van der Waals surface area contributed by atoms with Crippen molar-refractivity contribution < 1.29 is 4.92 Å². The molecule has 0 aliphatic carbocycles. The molecule has 0 aliphatic heterocycles. The first-order valence-corrected chi connectivity index (χ1v) is 6.72. The lowest BCUT2D eigenvalue weighted by atomic mass is 10.4. The molecule has 0 amide bonds. The van der Waals surface area contributed by atoms with Crippen LogP contribution in [0.1, 0.15) is 0 Å². The molecule has 9 heteroatoms. The number of aromatic nitrogens is 2. The molecule has 2 aromatic rings. The minimum Gasteiger partial charge on any atom is -0.258 e. The van der Waals surface area contributed by atoms with E-state index in [9.17, 15) is 10.1 Å². The number of hydrogen-bond acceptors (Lipinski definition) is 5. The lowest BCUT2D eigenvalue weighted by molar-refractivity contribution is -0.388. The molecule has 0 N–H and O–H groups in total. The fourth-order valence-electron chi connectivity index (χ4n) is 1.23. The third-order valence-corrected chi connectivity index (χ3v) is 4.03. The Balaban J connectivity index is 2.46. The van der Waals surface area contributed by atoms with Gasteiger partial charge in [-0.15, -0.1) is 0 Å². The lowest BCUT2D eigenvalue weighted by Crippen LogP contribution is -1.96. The van der Waals surface area contributed by atoms with E-state index in [1.807, 2.05) is 0 Å². The second kappa shape index (κ2) is 5.92. The normalized spacial score (nSPS) is 10.5. The molecule has 5 nitrogen and oxygen atoms in total. The largest absolute Gasteiger partial charge is 0.338 e. The van der Waals surface area contributed by atoms with E-state index in [0.29, 0.717) is 14.9 Å². The van der Waals surface area contributed by atoms with Gasteiger partial charge in [0.1, 0.15) is 6.33 Å². The summed E-state index contributed by atoms with van der Waals surface area (Å²) in [6.45, 7) is 0. The second-order valence-electron chi connectivity index (χ2n) is 3.25. The highest BCUT2D eigenvalue weighted by molar-refractivity contribution is 7.99. The van der Waals surface area contributed by atoms with Crippen molar-refractivity contribution in [2.24, 2.45) is 0 Å². The zero-order valence-corrected chi connectivity index (χ0v) is 12.1. The zero-order valence-electron chi connectivity index (χ0n) is 9.01. The quantitative estimate of drug-likeness (QED) is 0.469. The van der Waals surface area contributed by atoms with Gasteiger partial charge in [0.2, 0.25) is 5.15 Å². The molecule has 2 rings (SSSR count). The van der Waals surface area contributed by atoms with Crippen molar-refractivity contribution >= 4 is 52.3 Å². The van der Waals surface area contributed by atoms with Gasteiger partial charge in [-0.25, -0.2) is 9.97 Å². The molecule has 1 aromatic carbocycles. The summed E-state index contributed by atoms with van der Waals surface area (Å²) in [7, 11) is 0. The molecule has 0 radical (unpaired) electrons. The molecule has 0 saturated carbocycles. The van der Waals surface area contributed by atoms with Gasteiger partial charge in [-0.05, 0) is 18.2 Å². The molecule has 1 heterocycles. The Hall–Kier alpha value is -1.08. The number of nitrogens with zero attached hydrogens (tertiary/aromatic N) is 3. The highest BCUT2D eigenvalue weighted by Crippen LogP contribution is 2.39. The van der Waals surface area contributed by atoms with Crippen molar-refractivity contribution in [3.05, 3.63) is 49.8 Å². The highest BCUT2D eigenvalue weighted by atomic mass is 35.5. The maximum absolute atomic E-state index is 11.0. The van der Waals surface area contributed by atoms with Crippen molar-refractivity contribution in [1.82, 2.24) is 9.97 Å². The first-order chi connectivity index (χ1) is 8.99. The predicted octanol–water partition coefficient (Wildman–Crippen LogP) is 4.50. The summed E-state index contributed by atoms with van der Waals surface area (Å²) in [4.78, 5) is 18.3. The van der Waals surface area contributed by atoms with Crippen LogP contribution in [0.2, 0.25) is 15.2 Å². The molecule has 1 aromatic heterocycles. The van der Waals surface area contributed by atoms with Gasteiger partial charge in [-0.1, -0.05) is 46.6 Å². The lowest BCUT2D eigenvalue weighted by Gasteiger charge is -2.05. The summed E-state index contributed by atoms with van der Waals surface area (Å²) in [5, 5.41) is 11.7. The van der Waals surface area contributed by atoms with Crippen molar-refractivity contribution in [3.63, 3.8) is 0 Å². The first-order valence-electron chi connectivity index (χ1n) is 4.77. The summed E-state index contributed by atoms with van der Waals surface area (Å²) in [5.74, 6) is 0. The number of nitro groups is 1. The third kappa shape index (κ3) is 3.27. The van der Waals surface area contributed by atoms with E-state index in [-0.39, 0.29) is 15.9 Å². The van der Waals surface area contributed by atoms with Crippen molar-refractivity contribution in [2.75, 3.05) is 0 Å². The molecular formula is C10H4Cl3N3O2S. The molecule has 0 aliphatic rings. The van der Waals surface area contributed by atoms with Crippen LogP contribution in [0.4, 0.5) is 5.69 Å². The number of hydrogen-bond donors (Lipinski definition) is 0. The molecule has 0 unspecified atom stereocenters. The molecular weight excluding hydrogens is 333 g/mol. The van der Waals surface area contributed by atoms with Gasteiger partial charge < -0.3 is 0 Å². The van der Waals surface area contributed by atoms with E-state index in [1.54, 1.807) is 18.2 Å². The van der Waals surface area contributed by atoms with Crippen molar-refractivity contribution in [1.29, 1.82) is 0 Å². The van der Waals surface area contributed by atoms with Crippen molar-refractivity contribution in [3.8, 4) is 0 Å². The number of benzene rings is 1. The Morgan fingerprint density at radius 1 is 1.21 bits per heavy atom. The van der Waals surface area contributed by atoms with E-state index >= 15 is 0 Å². The van der Waals surface area contributed by atoms with Crippen LogP contribution in [0, 0.1) is 10.1 Å². The van der Waals surface area contributed by atoms with Gasteiger partial charge in [-0.2, -0.15) is 0 Å².